The van der Waals surface area contributed by atoms with Gasteiger partial charge in [0.2, 0.25) is 0 Å². The monoisotopic (exact) mass is 247 g/mol. The molecule has 0 saturated carbocycles. The second-order valence-electron chi connectivity index (χ2n) is 3.96. The average molecular weight is 247 g/mol. The number of aliphatic hydroxyl groups excluding tert-OH is 1. The maximum atomic E-state index is 8.81. The number of anilines is 1. The fourth-order valence-electron chi connectivity index (χ4n) is 1.72. The van der Waals surface area contributed by atoms with Crippen LogP contribution in [0.2, 0.25) is 0 Å². The molecule has 2 aromatic rings. The van der Waals surface area contributed by atoms with Crippen molar-refractivity contribution in [2.75, 3.05) is 11.9 Å². The molecule has 2 rings (SSSR count). The summed E-state index contributed by atoms with van der Waals surface area (Å²) >= 11 is 1.76. The molecule has 17 heavy (non-hydrogen) atoms. The standard InChI is InChI=1S/C14H17NOS/c16-8-2-5-12-4-1-6-13(10-12)15-11-14-7-3-9-17-14/h1,3-4,6-7,9-10,15-16H,2,5,8,11H2. The minimum Gasteiger partial charge on any atom is -0.396 e. The van der Waals surface area contributed by atoms with Crippen molar-refractivity contribution < 1.29 is 5.11 Å². The lowest BCUT2D eigenvalue weighted by molar-refractivity contribution is 0.288. The molecular formula is C14H17NOS. The van der Waals surface area contributed by atoms with Gasteiger partial charge in [0, 0.05) is 23.7 Å². The Bertz CT molecular complexity index is 439. The number of rotatable bonds is 6. The summed E-state index contributed by atoms with van der Waals surface area (Å²) in [5.74, 6) is 0. The highest BCUT2D eigenvalue weighted by Crippen LogP contribution is 2.15. The van der Waals surface area contributed by atoms with Crippen molar-refractivity contribution in [3.05, 3.63) is 52.2 Å². The Labute approximate surface area is 106 Å². The van der Waals surface area contributed by atoms with Crippen molar-refractivity contribution in [2.45, 2.75) is 19.4 Å². The summed E-state index contributed by atoms with van der Waals surface area (Å²) in [7, 11) is 0. The fourth-order valence-corrected chi connectivity index (χ4v) is 2.37. The van der Waals surface area contributed by atoms with E-state index >= 15 is 0 Å². The molecule has 0 radical (unpaired) electrons. The van der Waals surface area contributed by atoms with Crippen LogP contribution < -0.4 is 5.32 Å². The topological polar surface area (TPSA) is 32.3 Å². The summed E-state index contributed by atoms with van der Waals surface area (Å²) < 4.78 is 0. The molecule has 0 fully saturated rings. The highest BCUT2D eigenvalue weighted by molar-refractivity contribution is 7.09. The minimum absolute atomic E-state index is 0.257. The van der Waals surface area contributed by atoms with E-state index in [2.05, 4.69) is 47.1 Å². The van der Waals surface area contributed by atoms with Crippen molar-refractivity contribution in [3.63, 3.8) is 0 Å². The maximum Gasteiger partial charge on any atom is 0.0494 e. The smallest absolute Gasteiger partial charge is 0.0494 e. The first kappa shape index (κ1) is 12.1. The van der Waals surface area contributed by atoms with Gasteiger partial charge in [-0.3, -0.25) is 0 Å². The number of aryl methyl sites for hydroxylation is 1. The van der Waals surface area contributed by atoms with Crippen molar-refractivity contribution >= 4 is 17.0 Å². The van der Waals surface area contributed by atoms with Crippen LogP contribution in [0.3, 0.4) is 0 Å². The van der Waals surface area contributed by atoms with E-state index in [4.69, 9.17) is 5.11 Å². The van der Waals surface area contributed by atoms with Crippen LogP contribution in [0.5, 0.6) is 0 Å². The number of benzene rings is 1. The third-order valence-corrected chi connectivity index (χ3v) is 3.47. The van der Waals surface area contributed by atoms with Crippen LogP contribution in [0.15, 0.2) is 41.8 Å². The molecule has 3 heteroatoms. The Hall–Kier alpha value is -1.32. The van der Waals surface area contributed by atoms with Crippen molar-refractivity contribution in [1.82, 2.24) is 0 Å². The summed E-state index contributed by atoms with van der Waals surface area (Å²) in [4.78, 5) is 1.34. The van der Waals surface area contributed by atoms with Gasteiger partial charge in [0.1, 0.15) is 0 Å². The summed E-state index contributed by atoms with van der Waals surface area (Å²) in [5, 5.41) is 14.3. The highest BCUT2D eigenvalue weighted by atomic mass is 32.1. The largest absolute Gasteiger partial charge is 0.396 e. The molecule has 0 saturated heterocycles. The molecule has 1 heterocycles. The van der Waals surface area contributed by atoms with Gasteiger partial charge in [0.15, 0.2) is 0 Å². The molecule has 0 aliphatic heterocycles. The van der Waals surface area contributed by atoms with Crippen LogP contribution in [0.25, 0.3) is 0 Å². The first-order chi connectivity index (χ1) is 8.38. The fraction of sp³-hybridized carbons (Fsp3) is 0.286. The SMILES string of the molecule is OCCCc1cccc(NCc2cccs2)c1. The van der Waals surface area contributed by atoms with E-state index in [-0.39, 0.29) is 6.61 Å². The third-order valence-electron chi connectivity index (χ3n) is 2.60. The Morgan fingerprint density at radius 2 is 2.12 bits per heavy atom. The zero-order valence-corrected chi connectivity index (χ0v) is 10.5. The lowest BCUT2D eigenvalue weighted by Crippen LogP contribution is -1.98. The molecule has 1 aromatic carbocycles. The first-order valence-corrected chi connectivity index (χ1v) is 6.72. The third kappa shape index (κ3) is 3.88. The Kier molecular flexibility index (Phi) is 4.59. The second-order valence-corrected chi connectivity index (χ2v) is 4.99. The summed E-state index contributed by atoms with van der Waals surface area (Å²) in [6.07, 6.45) is 1.76. The normalized spacial score (nSPS) is 10.4. The average Bonchev–Trinajstić information content (AvgIpc) is 2.87. The van der Waals surface area contributed by atoms with E-state index in [0.717, 1.165) is 25.1 Å². The molecule has 1 aromatic heterocycles. The molecule has 0 unspecified atom stereocenters. The van der Waals surface area contributed by atoms with Gasteiger partial charge in [-0.15, -0.1) is 11.3 Å². The predicted molar refractivity (Wildman–Crippen MR) is 73.5 cm³/mol. The predicted octanol–water partition coefficient (Wildman–Crippen LogP) is 3.29. The molecule has 0 aliphatic rings. The molecule has 2 nitrogen and oxygen atoms in total. The lowest BCUT2D eigenvalue weighted by atomic mass is 10.1. The molecule has 0 bridgehead atoms. The number of hydrogen-bond acceptors (Lipinski definition) is 3. The number of hydrogen-bond donors (Lipinski definition) is 2. The first-order valence-electron chi connectivity index (χ1n) is 5.84. The van der Waals surface area contributed by atoms with Gasteiger partial charge < -0.3 is 10.4 Å². The van der Waals surface area contributed by atoms with E-state index < -0.39 is 0 Å². The van der Waals surface area contributed by atoms with Crippen molar-refractivity contribution in [2.24, 2.45) is 0 Å². The molecule has 90 valence electrons. The van der Waals surface area contributed by atoms with E-state index in [1.807, 2.05) is 0 Å². The Morgan fingerprint density at radius 1 is 1.18 bits per heavy atom. The van der Waals surface area contributed by atoms with Crippen LogP contribution in [0.1, 0.15) is 16.9 Å². The van der Waals surface area contributed by atoms with Gasteiger partial charge in [-0.25, -0.2) is 0 Å². The zero-order chi connectivity index (χ0) is 11.9. The van der Waals surface area contributed by atoms with Crippen LogP contribution in [0.4, 0.5) is 5.69 Å². The van der Waals surface area contributed by atoms with Crippen LogP contribution in [0, 0.1) is 0 Å². The van der Waals surface area contributed by atoms with Gasteiger partial charge in [-0.05, 0) is 42.0 Å². The summed E-state index contributed by atoms with van der Waals surface area (Å²) in [6, 6.07) is 12.6. The summed E-state index contributed by atoms with van der Waals surface area (Å²) in [5.41, 5.74) is 2.42. The quantitative estimate of drug-likeness (QED) is 0.821. The molecular weight excluding hydrogens is 230 g/mol. The van der Waals surface area contributed by atoms with Gasteiger partial charge in [0.05, 0.1) is 0 Å². The zero-order valence-electron chi connectivity index (χ0n) is 9.73. The van der Waals surface area contributed by atoms with Gasteiger partial charge in [-0.1, -0.05) is 18.2 Å². The lowest BCUT2D eigenvalue weighted by Gasteiger charge is -2.07. The second kappa shape index (κ2) is 6.42. The Balaban J connectivity index is 1.91. The molecule has 2 N–H and O–H groups in total. The number of thiophene rings is 1. The molecule has 0 spiro atoms. The van der Waals surface area contributed by atoms with Crippen LogP contribution >= 0.6 is 11.3 Å². The van der Waals surface area contributed by atoms with E-state index in [9.17, 15) is 0 Å². The number of nitrogens with one attached hydrogen (secondary N) is 1. The van der Waals surface area contributed by atoms with E-state index in [0.29, 0.717) is 0 Å². The van der Waals surface area contributed by atoms with Gasteiger partial charge in [-0.2, -0.15) is 0 Å². The minimum atomic E-state index is 0.257. The van der Waals surface area contributed by atoms with Crippen LogP contribution in [-0.2, 0) is 13.0 Å². The maximum absolute atomic E-state index is 8.81. The van der Waals surface area contributed by atoms with Crippen molar-refractivity contribution in [1.29, 1.82) is 0 Å². The van der Waals surface area contributed by atoms with Crippen molar-refractivity contribution in [3.8, 4) is 0 Å². The van der Waals surface area contributed by atoms with Gasteiger partial charge >= 0.3 is 0 Å². The Morgan fingerprint density at radius 3 is 2.88 bits per heavy atom. The van der Waals surface area contributed by atoms with E-state index in [1.165, 1.54) is 10.4 Å². The molecule has 0 atom stereocenters. The highest BCUT2D eigenvalue weighted by Gasteiger charge is 1.97. The van der Waals surface area contributed by atoms with Crippen LogP contribution in [-0.4, -0.2) is 11.7 Å². The van der Waals surface area contributed by atoms with Gasteiger partial charge in [0.25, 0.3) is 0 Å². The summed E-state index contributed by atoms with van der Waals surface area (Å²) in [6.45, 7) is 1.13. The number of aliphatic hydroxyl groups is 1. The van der Waals surface area contributed by atoms with E-state index in [1.54, 1.807) is 11.3 Å². The molecule has 0 amide bonds. The molecule has 0 aliphatic carbocycles.